The van der Waals surface area contributed by atoms with Gasteiger partial charge in [0.05, 0.1) is 0 Å². The zero-order chi connectivity index (χ0) is 20.2. The summed E-state index contributed by atoms with van der Waals surface area (Å²) in [7, 11) is 0. The van der Waals surface area contributed by atoms with Gasteiger partial charge in [-0.25, -0.2) is 0 Å². The number of alkyl halides is 9. The molecule has 0 bridgehead atoms. The molecular formula is C12H11F9N2O2. The fourth-order valence-corrected chi connectivity index (χ4v) is 2.10. The monoisotopic (exact) mass is 386 g/mol. The lowest BCUT2D eigenvalue weighted by atomic mass is 9.83. The van der Waals surface area contributed by atoms with Crippen LogP contribution in [0.4, 0.5) is 50.9 Å². The van der Waals surface area contributed by atoms with Crippen LogP contribution in [0.1, 0.15) is 18.1 Å². The number of hydrogen-bond donors (Lipinski definition) is 4. The predicted octanol–water partition coefficient (Wildman–Crippen LogP) is 2.93. The summed E-state index contributed by atoms with van der Waals surface area (Å²) in [5, 5.41) is 18.8. The third-order valence-corrected chi connectivity index (χ3v) is 3.53. The van der Waals surface area contributed by atoms with Crippen LogP contribution < -0.4 is 11.5 Å². The van der Waals surface area contributed by atoms with Gasteiger partial charge < -0.3 is 21.7 Å². The van der Waals surface area contributed by atoms with Crippen molar-refractivity contribution in [3.05, 3.63) is 23.3 Å². The molecule has 25 heavy (non-hydrogen) atoms. The average molecular weight is 386 g/mol. The first-order valence-electron chi connectivity index (χ1n) is 6.14. The molecule has 1 aromatic rings. The van der Waals surface area contributed by atoms with Crippen molar-refractivity contribution in [2.45, 2.75) is 36.7 Å². The molecule has 0 heterocycles. The Bertz CT molecular complexity index is 648. The Hall–Kier alpha value is -1.89. The van der Waals surface area contributed by atoms with E-state index in [0.29, 0.717) is 0 Å². The molecule has 0 aliphatic carbocycles. The Labute approximate surface area is 133 Å². The maximum atomic E-state index is 12.9. The smallest absolute Gasteiger partial charge is 0.398 e. The van der Waals surface area contributed by atoms with Crippen molar-refractivity contribution < 1.29 is 49.7 Å². The van der Waals surface area contributed by atoms with Gasteiger partial charge in [-0.1, -0.05) is 6.07 Å². The molecule has 0 saturated carbocycles. The van der Waals surface area contributed by atoms with E-state index in [-0.39, 0.29) is 19.1 Å². The van der Waals surface area contributed by atoms with Crippen molar-refractivity contribution in [2.24, 2.45) is 0 Å². The molecule has 0 radical (unpaired) electrons. The quantitative estimate of drug-likeness (QED) is 0.465. The molecule has 1 unspecified atom stereocenters. The Balaban J connectivity index is 3.92. The zero-order valence-corrected chi connectivity index (χ0v) is 12.1. The lowest BCUT2D eigenvalue weighted by Crippen LogP contribution is -2.54. The number of rotatable bonds is 2. The number of aliphatic hydroxyl groups is 2. The van der Waals surface area contributed by atoms with Gasteiger partial charge in [0.1, 0.15) is 0 Å². The topological polar surface area (TPSA) is 92.5 Å². The number of nitrogen functional groups attached to an aromatic ring is 2. The molecule has 0 fully saturated rings. The predicted molar refractivity (Wildman–Crippen MR) is 66.9 cm³/mol. The lowest BCUT2D eigenvalue weighted by molar-refractivity contribution is -0.376. The summed E-state index contributed by atoms with van der Waals surface area (Å²) < 4.78 is 116. The van der Waals surface area contributed by atoms with Crippen LogP contribution in [-0.2, 0) is 11.2 Å². The van der Waals surface area contributed by atoms with Gasteiger partial charge in [-0.05, 0) is 13.0 Å². The molecule has 0 spiro atoms. The average Bonchev–Trinajstić information content (AvgIpc) is 2.33. The van der Waals surface area contributed by atoms with Gasteiger partial charge in [-0.2, -0.15) is 39.5 Å². The van der Waals surface area contributed by atoms with Crippen LogP contribution in [0.25, 0.3) is 0 Å². The van der Waals surface area contributed by atoms with E-state index >= 15 is 0 Å². The minimum atomic E-state index is -6.38. The minimum Gasteiger partial charge on any atom is -0.398 e. The summed E-state index contributed by atoms with van der Waals surface area (Å²) in [6.45, 7) is 0.0407. The molecule has 0 amide bonds. The van der Waals surface area contributed by atoms with E-state index in [2.05, 4.69) is 0 Å². The number of halogens is 9. The third-order valence-electron chi connectivity index (χ3n) is 3.53. The summed E-state index contributed by atoms with van der Waals surface area (Å²) >= 11 is 0. The second-order valence-electron chi connectivity index (χ2n) is 5.27. The zero-order valence-electron chi connectivity index (χ0n) is 12.1. The van der Waals surface area contributed by atoms with E-state index < -0.39 is 52.2 Å². The first-order valence-corrected chi connectivity index (χ1v) is 6.14. The van der Waals surface area contributed by atoms with Crippen molar-refractivity contribution >= 4 is 11.4 Å². The number of anilines is 2. The van der Waals surface area contributed by atoms with Crippen LogP contribution in [0.2, 0.25) is 0 Å². The van der Waals surface area contributed by atoms with Crippen LogP contribution in [0, 0.1) is 0 Å². The molecule has 13 heteroatoms. The van der Waals surface area contributed by atoms with Crippen LogP contribution >= 0.6 is 0 Å². The van der Waals surface area contributed by atoms with E-state index in [0.717, 1.165) is 0 Å². The Morgan fingerprint density at radius 1 is 0.760 bits per heavy atom. The molecule has 144 valence electrons. The SMILES string of the molecule is CC(O)(c1c(N)ccc(C(O)(C(F)(F)F)C(F)(F)F)c1N)C(F)(F)F. The summed E-state index contributed by atoms with van der Waals surface area (Å²) in [6.07, 6.45) is -18.3. The van der Waals surface area contributed by atoms with Crippen LogP contribution in [0.5, 0.6) is 0 Å². The number of benzene rings is 1. The van der Waals surface area contributed by atoms with Gasteiger partial charge in [0.25, 0.3) is 5.60 Å². The Kier molecular flexibility index (Phi) is 4.70. The first-order chi connectivity index (χ1) is 10.8. The summed E-state index contributed by atoms with van der Waals surface area (Å²) in [6, 6.07) is 0.227. The van der Waals surface area contributed by atoms with Crippen LogP contribution in [0.15, 0.2) is 12.1 Å². The van der Waals surface area contributed by atoms with E-state index in [9.17, 15) is 49.7 Å². The van der Waals surface area contributed by atoms with Crippen molar-refractivity contribution in [3.8, 4) is 0 Å². The highest BCUT2D eigenvalue weighted by molar-refractivity contribution is 5.69. The number of hydrogen-bond acceptors (Lipinski definition) is 4. The van der Waals surface area contributed by atoms with Gasteiger partial charge in [-0.15, -0.1) is 0 Å². The molecule has 6 N–H and O–H groups in total. The maximum absolute atomic E-state index is 12.9. The minimum absolute atomic E-state index is 0.0123. The van der Waals surface area contributed by atoms with Gasteiger partial charge in [-0.3, -0.25) is 0 Å². The summed E-state index contributed by atoms with van der Waals surface area (Å²) in [4.78, 5) is 0. The molecule has 0 saturated heterocycles. The number of nitrogens with two attached hydrogens (primary N) is 2. The summed E-state index contributed by atoms with van der Waals surface area (Å²) in [5.74, 6) is 0. The summed E-state index contributed by atoms with van der Waals surface area (Å²) in [5.41, 5.74) is -5.94. The van der Waals surface area contributed by atoms with Gasteiger partial charge in [0.2, 0.25) is 0 Å². The highest BCUT2D eigenvalue weighted by Gasteiger charge is 2.72. The lowest BCUT2D eigenvalue weighted by Gasteiger charge is -2.36. The fraction of sp³-hybridized carbons (Fsp3) is 0.500. The van der Waals surface area contributed by atoms with Crippen molar-refractivity contribution in [3.63, 3.8) is 0 Å². The van der Waals surface area contributed by atoms with Crippen molar-refractivity contribution in [1.82, 2.24) is 0 Å². The molecule has 0 aliphatic heterocycles. The van der Waals surface area contributed by atoms with E-state index in [4.69, 9.17) is 11.5 Å². The van der Waals surface area contributed by atoms with Crippen molar-refractivity contribution in [1.29, 1.82) is 0 Å². The molecule has 1 rings (SSSR count). The van der Waals surface area contributed by atoms with E-state index in [1.807, 2.05) is 0 Å². The van der Waals surface area contributed by atoms with Crippen LogP contribution in [-0.4, -0.2) is 28.7 Å². The maximum Gasteiger partial charge on any atom is 0.430 e. The molecular weight excluding hydrogens is 375 g/mol. The molecule has 4 nitrogen and oxygen atoms in total. The van der Waals surface area contributed by atoms with Crippen LogP contribution in [0.3, 0.4) is 0 Å². The molecule has 1 atom stereocenters. The van der Waals surface area contributed by atoms with Crippen molar-refractivity contribution in [2.75, 3.05) is 11.5 Å². The van der Waals surface area contributed by atoms with Gasteiger partial charge in [0.15, 0.2) is 5.60 Å². The highest BCUT2D eigenvalue weighted by Crippen LogP contribution is 2.54. The standard InChI is InChI=1S/C12H11F9N2O2/c1-8(24,10(13,14)15)6-5(22)3-2-4(7(6)23)9(25,11(16,17)18)12(19,20)21/h2-3,24-25H,22-23H2,1H3. The first kappa shape index (κ1) is 21.2. The second-order valence-corrected chi connectivity index (χ2v) is 5.27. The van der Waals surface area contributed by atoms with Gasteiger partial charge in [0, 0.05) is 22.5 Å². The second kappa shape index (κ2) is 5.56. The molecule has 0 aromatic heterocycles. The van der Waals surface area contributed by atoms with E-state index in [1.165, 1.54) is 0 Å². The fourth-order valence-electron chi connectivity index (χ4n) is 2.10. The Morgan fingerprint density at radius 3 is 1.48 bits per heavy atom. The third kappa shape index (κ3) is 3.05. The normalized spacial score (nSPS) is 16.6. The largest absolute Gasteiger partial charge is 0.430 e. The van der Waals surface area contributed by atoms with E-state index in [1.54, 1.807) is 0 Å². The Morgan fingerprint density at radius 2 is 1.16 bits per heavy atom. The highest BCUT2D eigenvalue weighted by atomic mass is 19.4. The molecule has 0 aliphatic rings. The van der Waals surface area contributed by atoms with Gasteiger partial charge >= 0.3 is 18.5 Å². The molecule has 1 aromatic carbocycles.